The number of aliphatic imine (C=N–C) groups is 1. The highest BCUT2D eigenvalue weighted by atomic mass is 127. The van der Waals surface area contributed by atoms with Gasteiger partial charge < -0.3 is 20.2 Å². The predicted octanol–water partition coefficient (Wildman–Crippen LogP) is 4.19. The van der Waals surface area contributed by atoms with Crippen LogP contribution in [0.4, 0.5) is 0 Å². The first-order valence-electron chi connectivity index (χ1n) is 9.47. The number of hydrogen-bond acceptors (Lipinski definition) is 4. The number of hydrogen-bond donors (Lipinski definition) is 3. The van der Waals surface area contributed by atoms with Crippen LogP contribution < -0.4 is 10.6 Å². The van der Waals surface area contributed by atoms with Gasteiger partial charge >= 0.3 is 0 Å². The minimum Gasteiger partial charge on any atom is -0.469 e. The minimum absolute atomic E-state index is 0. The number of thiophene rings is 1. The van der Waals surface area contributed by atoms with Crippen LogP contribution in [-0.4, -0.2) is 30.7 Å². The Morgan fingerprint density at radius 2 is 1.83 bits per heavy atom. The smallest absolute Gasteiger partial charge is 0.191 e. The summed E-state index contributed by atoms with van der Waals surface area (Å²) in [6.45, 7) is 3.54. The fourth-order valence-corrected chi connectivity index (χ4v) is 3.58. The molecule has 3 rings (SSSR count). The molecule has 1 atom stereocenters. The van der Waals surface area contributed by atoms with E-state index in [0.29, 0.717) is 12.5 Å². The molecule has 5 nitrogen and oxygen atoms in total. The molecule has 2 heterocycles. The van der Waals surface area contributed by atoms with E-state index in [-0.39, 0.29) is 30.5 Å². The molecule has 3 N–H and O–H groups in total. The van der Waals surface area contributed by atoms with Crippen LogP contribution in [0.2, 0.25) is 0 Å². The van der Waals surface area contributed by atoms with Gasteiger partial charge in [-0.05, 0) is 53.4 Å². The van der Waals surface area contributed by atoms with Crippen molar-refractivity contribution < 1.29 is 9.52 Å². The molecule has 29 heavy (non-hydrogen) atoms. The van der Waals surface area contributed by atoms with Crippen molar-refractivity contribution in [1.82, 2.24) is 10.6 Å². The number of halogens is 1. The van der Waals surface area contributed by atoms with E-state index in [9.17, 15) is 5.11 Å². The molecular formula is C22H28IN3O2S. The Balaban J connectivity index is 0.00000300. The molecule has 0 aliphatic rings. The maximum absolute atomic E-state index is 10.7. The third-order valence-electron chi connectivity index (χ3n) is 4.48. The average molecular weight is 525 g/mol. The van der Waals surface area contributed by atoms with Gasteiger partial charge in [-0.3, -0.25) is 0 Å². The van der Waals surface area contributed by atoms with E-state index in [1.807, 2.05) is 47.2 Å². The predicted molar refractivity (Wildman–Crippen MR) is 130 cm³/mol. The number of nitrogens with zero attached hydrogens (tertiary/aromatic N) is 1. The van der Waals surface area contributed by atoms with Crippen molar-refractivity contribution in [2.75, 3.05) is 19.6 Å². The number of nitrogens with one attached hydrogen (secondary N) is 2. The number of guanidine groups is 1. The van der Waals surface area contributed by atoms with Crippen molar-refractivity contribution in [1.29, 1.82) is 0 Å². The van der Waals surface area contributed by atoms with Crippen molar-refractivity contribution in [3.63, 3.8) is 0 Å². The summed E-state index contributed by atoms with van der Waals surface area (Å²) in [6, 6.07) is 16.1. The van der Waals surface area contributed by atoms with Gasteiger partial charge in [-0.2, -0.15) is 11.3 Å². The van der Waals surface area contributed by atoms with Crippen molar-refractivity contribution in [3.8, 4) is 0 Å². The van der Waals surface area contributed by atoms with Crippen molar-refractivity contribution in [2.45, 2.75) is 25.4 Å². The highest BCUT2D eigenvalue weighted by molar-refractivity contribution is 14.0. The summed E-state index contributed by atoms with van der Waals surface area (Å²) in [5.74, 6) is 1.62. The molecule has 2 aromatic heterocycles. The molecule has 7 heteroatoms. The van der Waals surface area contributed by atoms with Gasteiger partial charge in [0.15, 0.2) is 5.96 Å². The van der Waals surface area contributed by atoms with Crippen molar-refractivity contribution in [2.24, 2.45) is 4.99 Å². The molecule has 3 aromatic rings. The fourth-order valence-electron chi connectivity index (χ4n) is 2.80. The molecule has 0 amide bonds. The van der Waals surface area contributed by atoms with Crippen LogP contribution in [0.15, 0.2) is 75.0 Å². The van der Waals surface area contributed by atoms with Gasteiger partial charge in [-0.15, -0.1) is 24.0 Å². The Kier molecular flexibility index (Phi) is 9.69. The first-order chi connectivity index (χ1) is 13.6. The van der Waals surface area contributed by atoms with E-state index in [1.165, 1.54) is 5.56 Å². The Labute approximate surface area is 193 Å². The summed E-state index contributed by atoms with van der Waals surface area (Å²) in [7, 11) is 0. The molecule has 1 aromatic carbocycles. The van der Waals surface area contributed by atoms with Crippen LogP contribution >= 0.6 is 35.3 Å². The summed E-state index contributed by atoms with van der Waals surface area (Å²) in [5, 5.41) is 21.4. The SMILES string of the molecule is CC(O)(CN=C(NCCc1ccccc1)NCCc1ccco1)c1ccsc1.I. The zero-order valence-corrected chi connectivity index (χ0v) is 19.7. The lowest BCUT2D eigenvalue weighted by atomic mass is 10.00. The number of furan rings is 1. The lowest BCUT2D eigenvalue weighted by Crippen LogP contribution is -2.40. The van der Waals surface area contributed by atoms with Crippen LogP contribution in [0.5, 0.6) is 0 Å². The van der Waals surface area contributed by atoms with Gasteiger partial charge in [-0.1, -0.05) is 30.3 Å². The van der Waals surface area contributed by atoms with Gasteiger partial charge in [0.05, 0.1) is 12.8 Å². The molecule has 0 aliphatic carbocycles. The molecule has 156 valence electrons. The normalized spacial score (nSPS) is 13.4. The van der Waals surface area contributed by atoms with Crippen molar-refractivity contribution in [3.05, 3.63) is 82.4 Å². The minimum atomic E-state index is -0.991. The largest absolute Gasteiger partial charge is 0.469 e. The maximum atomic E-state index is 10.7. The van der Waals surface area contributed by atoms with Crippen LogP contribution in [0.1, 0.15) is 23.8 Å². The summed E-state index contributed by atoms with van der Waals surface area (Å²) in [5.41, 5.74) is 1.17. The topological polar surface area (TPSA) is 69.8 Å². The molecule has 0 saturated heterocycles. The van der Waals surface area contributed by atoms with Gasteiger partial charge in [0.2, 0.25) is 0 Å². The first kappa shape index (κ1) is 23.4. The highest BCUT2D eigenvalue weighted by Crippen LogP contribution is 2.23. The zero-order valence-electron chi connectivity index (χ0n) is 16.5. The zero-order chi connectivity index (χ0) is 19.7. The van der Waals surface area contributed by atoms with E-state index in [4.69, 9.17) is 4.42 Å². The summed E-state index contributed by atoms with van der Waals surface area (Å²) < 4.78 is 5.38. The highest BCUT2D eigenvalue weighted by Gasteiger charge is 2.23. The standard InChI is InChI=1S/C22H27N3O2S.HI/c1-22(26,19-11-15-28-16-19)17-25-21(24-13-10-20-8-5-14-27-20)23-12-9-18-6-3-2-4-7-18;/h2-8,11,14-16,26H,9-10,12-13,17H2,1H3,(H2,23,24,25);1H. The van der Waals surface area contributed by atoms with E-state index < -0.39 is 5.60 Å². The van der Waals surface area contributed by atoms with Crippen LogP contribution in [0.3, 0.4) is 0 Å². The second-order valence-corrected chi connectivity index (χ2v) is 7.65. The first-order valence-corrected chi connectivity index (χ1v) is 10.4. The Hall–Kier alpha value is -1.84. The van der Waals surface area contributed by atoms with E-state index in [1.54, 1.807) is 24.5 Å². The summed E-state index contributed by atoms with van der Waals surface area (Å²) in [6.07, 6.45) is 3.36. The maximum Gasteiger partial charge on any atom is 0.191 e. The third-order valence-corrected chi connectivity index (χ3v) is 5.16. The molecule has 0 spiro atoms. The van der Waals surface area contributed by atoms with E-state index >= 15 is 0 Å². The second-order valence-electron chi connectivity index (χ2n) is 6.87. The molecule has 0 aliphatic heterocycles. The van der Waals surface area contributed by atoms with Crippen LogP contribution in [0.25, 0.3) is 0 Å². The monoisotopic (exact) mass is 525 g/mol. The second kappa shape index (κ2) is 12.0. The van der Waals surface area contributed by atoms with Gasteiger partial charge in [-0.25, -0.2) is 4.99 Å². The molecule has 1 unspecified atom stereocenters. The molecule has 0 fully saturated rings. The lowest BCUT2D eigenvalue weighted by Gasteiger charge is -2.21. The molecule has 0 saturated carbocycles. The summed E-state index contributed by atoms with van der Waals surface area (Å²) >= 11 is 1.57. The quantitative estimate of drug-likeness (QED) is 0.223. The number of rotatable bonds is 9. The van der Waals surface area contributed by atoms with Crippen LogP contribution in [-0.2, 0) is 18.4 Å². The molecule has 0 bridgehead atoms. The Morgan fingerprint density at radius 3 is 2.48 bits per heavy atom. The van der Waals surface area contributed by atoms with Gasteiger partial charge in [0.25, 0.3) is 0 Å². The third kappa shape index (κ3) is 7.83. The Bertz CT molecular complexity index is 834. The van der Waals surface area contributed by atoms with Gasteiger partial charge in [0.1, 0.15) is 11.4 Å². The average Bonchev–Trinajstić information content (AvgIpc) is 3.41. The van der Waals surface area contributed by atoms with E-state index in [2.05, 4.69) is 27.8 Å². The lowest BCUT2D eigenvalue weighted by molar-refractivity contribution is 0.0677. The fraction of sp³-hybridized carbons (Fsp3) is 0.318. The number of benzene rings is 1. The van der Waals surface area contributed by atoms with Gasteiger partial charge in [0, 0.05) is 19.5 Å². The molecular weight excluding hydrogens is 497 g/mol. The Morgan fingerprint density at radius 1 is 1.07 bits per heavy atom. The van der Waals surface area contributed by atoms with Crippen molar-refractivity contribution >= 4 is 41.3 Å². The summed E-state index contributed by atoms with van der Waals surface area (Å²) in [4.78, 5) is 4.62. The number of aliphatic hydroxyl groups is 1. The van der Waals surface area contributed by atoms with Crippen LogP contribution in [0, 0.1) is 0 Å². The van der Waals surface area contributed by atoms with E-state index in [0.717, 1.165) is 30.7 Å². The molecule has 0 radical (unpaired) electrons.